The fourth-order valence-electron chi connectivity index (χ4n) is 4.68. The molecule has 3 N–H and O–H groups in total. The van der Waals surface area contributed by atoms with E-state index in [2.05, 4.69) is 20.1 Å². The number of hydrogen-bond donors (Lipinski definition) is 2. The van der Waals surface area contributed by atoms with E-state index >= 15 is 0 Å². The van der Waals surface area contributed by atoms with E-state index in [1.54, 1.807) is 12.1 Å². The van der Waals surface area contributed by atoms with Gasteiger partial charge in [0.15, 0.2) is 0 Å². The molecule has 1 amide bonds. The Morgan fingerprint density at radius 3 is 2.45 bits per heavy atom. The minimum atomic E-state index is -4.35. The van der Waals surface area contributed by atoms with Gasteiger partial charge in [-0.05, 0) is 67.9 Å². The number of nitrogens with two attached hydrogens (primary N) is 1. The highest BCUT2D eigenvalue weighted by atomic mass is 19.4. The number of alkyl halides is 3. The van der Waals surface area contributed by atoms with Crippen molar-refractivity contribution < 1.29 is 22.4 Å². The lowest BCUT2D eigenvalue weighted by atomic mass is 10.1. The van der Waals surface area contributed by atoms with Gasteiger partial charge in [0.2, 0.25) is 0 Å². The number of carbonyl (C=O) groups is 1. The first-order valence-corrected chi connectivity index (χ1v) is 12.3. The first kappa shape index (κ1) is 25.6. The molecule has 0 radical (unpaired) electrons. The Balaban J connectivity index is 1.22. The van der Waals surface area contributed by atoms with Crippen LogP contribution in [0.3, 0.4) is 0 Å². The molecule has 0 spiro atoms. The highest BCUT2D eigenvalue weighted by Gasteiger charge is 2.30. The van der Waals surface area contributed by atoms with Crippen LogP contribution >= 0.6 is 0 Å². The number of benzene rings is 2. The monoisotopic (exact) mass is 523 g/mol. The van der Waals surface area contributed by atoms with E-state index in [4.69, 9.17) is 10.2 Å². The van der Waals surface area contributed by atoms with E-state index in [9.17, 15) is 18.0 Å². The minimum Gasteiger partial charge on any atom is -0.467 e. The van der Waals surface area contributed by atoms with E-state index in [1.807, 2.05) is 26.0 Å². The van der Waals surface area contributed by atoms with Gasteiger partial charge in [0.25, 0.3) is 5.91 Å². The van der Waals surface area contributed by atoms with Crippen LogP contribution < -0.4 is 16.0 Å². The maximum absolute atomic E-state index is 13.1. The molecule has 2 aromatic carbocycles. The summed E-state index contributed by atoms with van der Waals surface area (Å²) in [4.78, 5) is 21.9. The lowest BCUT2D eigenvalue weighted by Gasteiger charge is -2.35. The van der Waals surface area contributed by atoms with Crippen molar-refractivity contribution >= 4 is 33.9 Å². The van der Waals surface area contributed by atoms with Crippen LogP contribution in [0.15, 0.2) is 59.2 Å². The Labute approximate surface area is 218 Å². The fourth-order valence-corrected chi connectivity index (χ4v) is 4.68. The van der Waals surface area contributed by atoms with Gasteiger partial charge in [-0.3, -0.25) is 14.7 Å². The second-order valence-electron chi connectivity index (χ2n) is 9.49. The van der Waals surface area contributed by atoms with E-state index in [1.165, 1.54) is 18.4 Å². The molecular formula is C28H28F3N5O2. The molecule has 0 bridgehead atoms. The zero-order valence-corrected chi connectivity index (χ0v) is 21.1. The molecule has 0 saturated carbocycles. The summed E-state index contributed by atoms with van der Waals surface area (Å²) in [6, 6.07) is 12.3. The number of fused-ring (bicyclic) bond motifs is 1. The second kappa shape index (κ2) is 10.0. The van der Waals surface area contributed by atoms with Crippen molar-refractivity contribution in [2.45, 2.75) is 26.6 Å². The topological polar surface area (TPSA) is 87.6 Å². The van der Waals surface area contributed by atoms with E-state index < -0.39 is 11.7 Å². The van der Waals surface area contributed by atoms with Crippen molar-refractivity contribution in [3.63, 3.8) is 0 Å². The van der Waals surface area contributed by atoms with Gasteiger partial charge < -0.3 is 20.4 Å². The van der Waals surface area contributed by atoms with Gasteiger partial charge in [-0.2, -0.15) is 13.2 Å². The number of nitrogen functional groups attached to an aromatic ring is 1. The lowest BCUT2D eigenvalue weighted by Crippen LogP contribution is -2.46. The SMILES string of the molecule is Cc1nc2ccc(NC(=O)c3ccoc3CN3CCN(c4ccc(C(F)(F)F)cc4)CC3)cc2c(N)c1C. The summed E-state index contributed by atoms with van der Waals surface area (Å²) in [5.41, 5.74) is 10.6. The van der Waals surface area contributed by atoms with Crippen molar-refractivity contribution in [2.75, 3.05) is 42.1 Å². The number of carbonyl (C=O) groups excluding carboxylic acids is 1. The summed E-state index contributed by atoms with van der Waals surface area (Å²) < 4.78 is 44.2. The maximum atomic E-state index is 13.1. The number of nitrogens with zero attached hydrogens (tertiary/aromatic N) is 3. The van der Waals surface area contributed by atoms with Crippen LogP contribution in [0.25, 0.3) is 10.9 Å². The zero-order valence-electron chi connectivity index (χ0n) is 21.1. The number of halogens is 3. The molecule has 3 heterocycles. The first-order valence-electron chi connectivity index (χ1n) is 12.3. The Morgan fingerprint density at radius 2 is 1.76 bits per heavy atom. The lowest BCUT2D eigenvalue weighted by molar-refractivity contribution is -0.137. The Kier molecular flexibility index (Phi) is 6.75. The quantitative estimate of drug-likeness (QED) is 0.353. The summed E-state index contributed by atoms with van der Waals surface area (Å²) in [6.45, 7) is 6.94. The number of hydrogen-bond acceptors (Lipinski definition) is 6. The number of furan rings is 1. The Morgan fingerprint density at radius 1 is 1.05 bits per heavy atom. The molecule has 4 aromatic rings. The van der Waals surface area contributed by atoms with Gasteiger partial charge in [-0.1, -0.05) is 0 Å². The Bertz CT molecular complexity index is 1470. The number of piperazine rings is 1. The number of aryl methyl sites for hydroxylation is 1. The third kappa shape index (κ3) is 5.17. The van der Waals surface area contributed by atoms with Crippen molar-refractivity contribution in [2.24, 2.45) is 0 Å². The molecule has 7 nitrogen and oxygen atoms in total. The van der Waals surface area contributed by atoms with Crippen molar-refractivity contribution in [3.8, 4) is 0 Å². The Hall–Kier alpha value is -4.05. The third-order valence-electron chi connectivity index (χ3n) is 7.07. The largest absolute Gasteiger partial charge is 0.467 e. The van der Waals surface area contributed by atoms with Gasteiger partial charge in [0.05, 0.1) is 29.5 Å². The molecule has 10 heteroatoms. The summed E-state index contributed by atoms with van der Waals surface area (Å²) in [5, 5.41) is 3.71. The van der Waals surface area contributed by atoms with Crippen LogP contribution in [0, 0.1) is 13.8 Å². The highest BCUT2D eigenvalue weighted by molar-refractivity contribution is 6.06. The van der Waals surface area contributed by atoms with Gasteiger partial charge in [0.1, 0.15) is 5.76 Å². The van der Waals surface area contributed by atoms with Crippen LogP contribution in [-0.4, -0.2) is 42.0 Å². The number of pyridine rings is 1. The van der Waals surface area contributed by atoms with Gasteiger partial charge in [0, 0.05) is 54.3 Å². The third-order valence-corrected chi connectivity index (χ3v) is 7.07. The number of nitrogens with one attached hydrogen (secondary N) is 1. The van der Waals surface area contributed by atoms with E-state index in [0.717, 1.165) is 40.0 Å². The predicted octanol–water partition coefficient (Wildman–Crippen LogP) is 5.62. The number of rotatable bonds is 5. The molecule has 1 fully saturated rings. The predicted molar refractivity (Wildman–Crippen MR) is 141 cm³/mol. The molecule has 38 heavy (non-hydrogen) atoms. The maximum Gasteiger partial charge on any atom is 0.416 e. The minimum absolute atomic E-state index is 0.285. The molecule has 0 unspecified atom stereocenters. The standard InChI is InChI=1S/C28H28F3N5O2/c1-17-18(2)33-24-8-5-20(15-23(24)26(17)32)34-27(37)22-9-14-38-25(22)16-35-10-12-36(13-11-35)21-6-3-19(4-7-21)28(29,30)31/h3-9,14-15H,10-13,16H2,1-2H3,(H2,32,33)(H,34,37). The van der Waals surface area contributed by atoms with E-state index in [-0.39, 0.29) is 5.91 Å². The highest BCUT2D eigenvalue weighted by Crippen LogP contribution is 2.31. The molecule has 0 atom stereocenters. The van der Waals surface area contributed by atoms with Crippen molar-refractivity contribution in [1.82, 2.24) is 9.88 Å². The van der Waals surface area contributed by atoms with Gasteiger partial charge in [-0.15, -0.1) is 0 Å². The second-order valence-corrected chi connectivity index (χ2v) is 9.49. The molecule has 1 aliphatic rings. The van der Waals surface area contributed by atoms with Crippen LogP contribution in [0.2, 0.25) is 0 Å². The summed E-state index contributed by atoms with van der Waals surface area (Å²) in [6.07, 6.45) is -2.85. The summed E-state index contributed by atoms with van der Waals surface area (Å²) >= 11 is 0. The number of anilines is 3. The first-order chi connectivity index (χ1) is 18.1. The van der Waals surface area contributed by atoms with Crippen molar-refractivity contribution in [3.05, 3.63) is 82.9 Å². The average molecular weight is 524 g/mol. The fraction of sp³-hybridized carbons (Fsp3) is 0.286. The molecule has 0 aliphatic carbocycles. The van der Waals surface area contributed by atoms with Gasteiger partial charge >= 0.3 is 6.18 Å². The molecular weight excluding hydrogens is 495 g/mol. The number of amides is 1. The molecule has 5 rings (SSSR count). The van der Waals surface area contributed by atoms with E-state index in [0.29, 0.717) is 55.4 Å². The van der Waals surface area contributed by atoms with Crippen molar-refractivity contribution in [1.29, 1.82) is 0 Å². The molecule has 1 aliphatic heterocycles. The van der Waals surface area contributed by atoms with Gasteiger partial charge in [-0.25, -0.2) is 0 Å². The normalized spacial score (nSPS) is 14.7. The van der Waals surface area contributed by atoms with Crippen LogP contribution in [0.5, 0.6) is 0 Å². The summed E-state index contributed by atoms with van der Waals surface area (Å²) in [7, 11) is 0. The molecule has 2 aromatic heterocycles. The smallest absolute Gasteiger partial charge is 0.416 e. The zero-order chi connectivity index (χ0) is 27.0. The average Bonchev–Trinajstić information content (AvgIpc) is 3.36. The van der Waals surface area contributed by atoms with Crippen LogP contribution in [0.1, 0.15) is 32.9 Å². The number of aromatic nitrogens is 1. The summed E-state index contributed by atoms with van der Waals surface area (Å²) in [5.74, 6) is 0.269. The molecule has 198 valence electrons. The van der Waals surface area contributed by atoms with Crippen LogP contribution in [0.4, 0.5) is 30.2 Å². The van der Waals surface area contributed by atoms with Crippen LogP contribution in [-0.2, 0) is 12.7 Å². The molecule has 1 saturated heterocycles.